The normalized spacial score (nSPS) is 22.9. The van der Waals surface area contributed by atoms with Crippen LogP contribution in [0, 0.1) is 5.92 Å². The van der Waals surface area contributed by atoms with Crippen LogP contribution < -0.4 is 15.5 Å². The van der Waals surface area contributed by atoms with Crippen LogP contribution in [0.15, 0.2) is 24.3 Å². The highest BCUT2D eigenvalue weighted by molar-refractivity contribution is 7.99. The van der Waals surface area contributed by atoms with E-state index in [4.69, 9.17) is 0 Å². The molecule has 2 saturated heterocycles. The van der Waals surface area contributed by atoms with Gasteiger partial charge in [-0.05, 0) is 30.5 Å². The Morgan fingerprint density at radius 3 is 2.96 bits per heavy atom. The van der Waals surface area contributed by atoms with Gasteiger partial charge in [-0.3, -0.25) is 9.59 Å². The van der Waals surface area contributed by atoms with E-state index < -0.39 is 0 Å². The highest BCUT2D eigenvalue weighted by Gasteiger charge is 2.33. The maximum absolute atomic E-state index is 12.4. The molecule has 0 bridgehead atoms. The van der Waals surface area contributed by atoms with Gasteiger partial charge in [0.1, 0.15) is 0 Å². The summed E-state index contributed by atoms with van der Waals surface area (Å²) in [6.45, 7) is 2.22. The van der Waals surface area contributed by atoms with E-state index in [0.717, 1.165) is 36.8 Å². The minimum atomic E-state index is -0.0994. The number of anilines is 1. The topological polar surface area (TPSA) is 64.7 Å². The fourth-order valence-corrected chi connectivity index (χ4v) is 4.18. The third-order valence-corrected chi connectivity index (χ3v) is 5.73. The third-order valence-electron chi connectivity index (χ3n) is 4.76. The van der Waals surface area contributed by atoms with Crippen LogP contribution in [0.5, 0.6) is 0 Å². The van der Waals surface area contributed by atoms with E-state index in [1.807, 2.05) is 48.2 Å². The molecule has 2 fully saturated rings. The molecule has 0 aromatic heterocycles. The summed E-state index contributed by atoms with van der Waals surface area (Å²) in [6, 6.07) is 7.48. The molecule has 2 N–H and O–H groups in total. The second-order valence-corrected chi connectivity index (χ2v) is 7.93. The number of nitrogens with zero attached hydrogens (tertiary/aromatic N) is 2. The van der Waals surface area contributed by atoms with E-state index in [-0.39, 0.29) is 17.9 Å². The van der Waals surface area contributed by atoms with Gasteiger partial charge in [0.15, 0.2) is 0 Å². The summed E-state index contributed by atoms with van der Waals surface area (Å²) in [7, 11) is 3.91. The number of carbonyl (C=O) groups is 2. The van der Waals surface area contributed by atoms with Gasteiger partial charge >= 0.3 is 0 Å². The Hall–Kier alpha value is -1.73. The highest BCUT2D eigenvalue weighted by atomic mass is 32.2. The van der Waals surface area contributed by atoms with Crippen LogP contribution in [0.3, 0.4) is 0 Å². The average molecular weight is 362 g/mol. The lowest BCUT2D eigenvalue weighted by Crippen LogP contribution is -2.42. The van der Waals surface area contributed by atoms with Gasteiger partial charge in [0, 0.05) is 50.7 Å². The molecule has 2 aliphatic rings. The fourth-order valence-electron chi connectivity index (χ4n) is 3.23. The molecular weight excluding hydrogens is 336 g/mol. The number of benzene rings is 1. The van der Waals surface area contributed by atoms with Crippen LogP contribution in [0.25, 0.3) is 0 Å². The van der Waals surface area contributed by atoms with Crippen LogP contribution in [-0.4, -0.2) is 68.1 Å². The number of hydrogen-bond acceptors (Lipinski definition) is 5. The van der Waals surface area contributed by atoms with Crippen molar-refractivity contribution in [1.82, 2.24) is 15.5 Å². The van der Waals surface area contributed by atoms with E-state index >= 15 is 0 Å². The molecule has 25 heavy (non-hydrogen) atoms. The summed E-state index contributed by atoms with van der Waals surface area (Å²) >= 11 is 1.80. The quantitative estimate of drug-likeness (QED) is 0.818. The molecule has 0 saturated carbocycles. The van der Waals surface area contributed by atoms with Crippen molar-refractivity contribution in [1.29, 1.82) is 0 Å². The van der Waals surface area contributed by atoms with Gasteiger partial charge in [0.05, 0.1) is 11.9 Å². The van der Waals surface area contributed by atoms with Crippen LogP contribution in [-0.2, 0) is 4.79 Å². The Kier molecular flexibility index (Phi) is 5.86. The molecule has 0 radical (unpaired) electrons. The molecule has 3 rings (SSSR count). The van der Waals surface area contributed by atoms with E-state index in [1.165, 1.54) is 0 Å². The van der Waals surface area contributed by atoms with Gasteiger partial charge in [0.25, 0.3) is 5.91 Å². The largest absolute Gasteiger partial charge is 0.378 e. The van der Waals surface area contributed by atoms with E-state index in [0.29, 0.717) is 18.0 Å². The monoisotopic (exact) mass is 362 g/mol. The van der Waals surface area contributed by atoms with Crippen molar-refractivity contribution in [3.05, 3.63) is 29.8 Å². The molecule has 136 valence electrons. The summed E-state index contributed by atoms with van der Waals surface area (Å²) in [5.74, 6) is 2.28. The molecule has 2 amide bonds. The zero-order valence-electron chi connectivity index (χ0n) is 14.8. The molecule has 2 aliphatic heterocycles. The van der Waals surface area contributed by atoms with Crippen LogP contribution in [0.1, 0.15) is 16.8 Å². The van der Waals surface area contributed by atoms with E-state index in [2.05, 4.69) is 10.6 Å². The summed E-state index contributed by atoms with van der Waals surface area (Å²) in [5, 5.41) is 6.32. The first-order valence-corrected chi connectivity index (χ1v) is 9.85. The van der Waals surface area contributed by atoms with Gasteiger partial charge in [-0.1, -0.05) is 6.07 Å². The van der Waals surface area contributed by atoms with Crippen molar-refractivity contribution < 1.29 is 9.59 Å². The molecular formula is C18H26N4O2S. The molecule has 0 unspecified atom stereocenters. The molecule has 1 aromatic carbocycles. The number of carbonyl (C=O) groups excluding carboxylic acids is 2. The average Bonchev–Trinajstić information content (AvgIpc) is 3.31. The highest BCUT2D eigenvalue weighted by Crippen LogP contribution is 2.20. The van der Waals surface area contributed by atoms with Crippen LogP contribution in [0.4, 0.5) is 5.69 Å². The van der Waals surface area contributed by atoms with Gasteiger partial charge in [0.2, 0.25) is 5.91 Å². The molecule has 6 nitrogen and oxygen atoms in total. The van der Waals surface area contributed by atoms with E-state index in [1.54, 1.807) is 11.8 Å². The third kappa shape index (κ3) is 4.46. The number of thioether (sulfide) groups is 1. The van der Waals surface area contributed by atoms with Gasteiger partial charge in [-0.2, -0.15) is 0 Å². The predicted molar refractivity (Wildman–Crippen MR) is 102 cm³/mol. The van der Waals surface area contributed by atoms with Crippen molar-refractivity contribution >= 4 is 29.3 Å². The summed E-state index contributed by atoms with van der Waals surface area (Å²) in [6.07, 6.45) is 0.790. The van der Waals surface area contributed by atoms with Gasteiger partial charge in [-0.15, -0.1) is 11.8 Å². The van der Waals surface area contributed by atoms with Crippen LogP contribution in [0.2, 0.25) is 0 Å². The summed E-state index contributed by atoms with van der Waals surface area (Å²) in [5.41, 5.74) is 1.67. The zero-order valence-corrected chi connectivity index (χ0v) is 15.6. The van der Waals surface area contributed by atoms with Crippen molar-refractivity contribution in [3.8, 4) is 0 Å². The number of nitrogens with one attached hydrogen (secondary N) is 2. The van der Waals surface area contributed by atoms with E-state index in [9.17, 15) is 9.59 Å². The minimum Gasteiger partial charge on any atom is -0.378 e. The Morgan fingerprint density at radius 2 is 2.24 bits per heavy atom. The fraction of sp³-hybridized carbons (Fsp3) is 0.556. The SMILES string of the molecule is CN(C)c1cccc(C(=O)NC[C@@H]2CN[C@H](C(=O)N3CCSC3)C2)c1. The van der Waals surface area contributed by atoms with Crippen molar-refractivity contribution in [2.24, 2.45) is 5.92 Å². The number of amides is 2. The standard InChI is InChI=1S/C18H26N4O2S/c1-21(2)15-5-3-4-14(9-15)17(23)20-11-13-8-16(19-10-13)18(24)22-6-7-25-12-22/h3-5,9,13,16,19H,6-8,10-12H2,1-2H3,(H,20,23)/t13-,16-/m0/s1. The van der Waals surface area contributed by atoms with Gasteiger partial charge < -0.3 is 20.4 Å². The molecule has 1 aromatic rings. The zero-order chi connectivity index (χ0) is 17.8. The summed E-state index contributed by atoms with van der Waals surface area (Å²) < 4.78 is 0. The van der Waals surface area contributed by atoms with Crippen LogP contribution >= 0.6 is 11.8 Å². The Morgan fingerprint density at radius 1 is 1.40 bits per heavy atom. The Bertz CT molecular complexity index is 631. The maximum atomic E-state index is 12.4. The maximum Gasteiger partial charge on any atom is 0.251 e. The smallest absolute Gasteiger partial charge is 0.251 e. The number of hydrogen-bond donors (Lipinski definition) is 2. The Labute approximate surface area is 153 Å². The molecule has 2 atom stereocenters. The molecule has 2 heterocycles. The summed E-state index contributed by atoms with van der Waals surface area (Å²) in [4.78, 5) is 28.7. The first kappa shape index (κ1) is 18.1. The second-order valence-electron chi connectivity index (χ2n) is 6.86. The lowest BCUT2D eigenvalue weighted by Gasteiger charge is -2.19. The van der Waals surface area contributed by atoms with Crippen molar-refractivity contribution in [2.75, 3.05) is 50.3 Å². The molecule has 0 spiro atoms. The molecule has 0 aliphatic carbocycles. The van der Waals surface area contributed by atoms with Crippen molar-refractivity contribution in [3.63, 3.8) is 0 Å². The second kappa shape index (κ2) is 8.10. The molecule has 7 heteroatoms. The van der Waals surface area contributed by atoms with Gasteiger partial charge in [-0.25, -0.2) is 0 Å². The predicted octanol–water partition coefficient (Wildman–Crippen LogP) is 0.993. The lowest BCUT2D eigenvalue weighted by molar-refractivity contribution is -0.131. The minimum absolute atomic E-state index is 0.0607. The lowest BCUT2D eigenvalue weighted by atomic mass is 10.0. The Balaban J connectivity index is 1.48. The number of rotatable bonds is 5. The van der Waals surface area contributed by atoms with Crippen molar-refractivity contribution in [2.45, 2.75) is 12.5 Å². The first-order chi connectivity index (χ1) is 12.0. The first-order valence-electron chi connectivity index (χ1n) is 8.70.